The second kappa shape index (κ2) is 6.15. The van der Waals surface area contributed by atoms with Crippen molar-refractivity contribution in [2.75, 3.05) is 6.54 Å². The number of carbonyl (C=O) groups excluding carboxylic acids is 1. The molecule has 1 atom stereocenters. The molecule has 3 aromatic heterocycles. The molecule has 0 bridgehead atoms. The molecule has 0 aromatic carbocycles. The number of imidazole rings is 1. The Labute approximate surface area is 140 Å². The molecule has 4 rings (SSSR count). The Balaban J connectivity index is 1.70. The number of carbonyl (C=O) groups is 1. The van der Waals surface area contributed by atoms with Gasteiger partial charge in [-0.15, -0.1) is 0 Å². The van der Waals surface area contributed by atoms with E-state index in [4.69, 9.17) is 4.42 Å². The fraction of sp³-hybridized carbons (Fsp3) is 0.368. The number of hydrogen-bond acceptors (Lipinski definition) is 3. The van der Waals surface area contributed by atoms with E-state index in [9.17, 15) is 4.79 Å². The molecule has 1 saturated heterocycles. The zero-order chi connectivity index (χ0) is 16.5. The number of likely N-dealkylation sites (tertiary alicyclic amines) is 1. The normalized spacial score (nSPS) is 18.7. The van der Waals surface area contributed by atoms with Crippen LogP contribution in [0.5, 0.6) is 0 Å². The molecule has 5 nitrogen and oxygen atoms in total. The van der Waals surface area contributed by atoms with Crippen LogP contribution in [0.2, 0.25) is 0 Å². The molecule has 0 saturated carbocycles. The van der Waals surface area contributed by atoms with Gasteiger partial charge in [-0.2, -0.15) is 0 Å². The van der Waals surface area contributed by atoms with Gasteiger partial charge in [0.2, 0.25) is 0 Å². The van der Waals surface area contributed by atoms with E-state index < -0.39 is 0 Å². The van der Waals surface area contributed by atoms with Crippen molar-refractivity contribution in [3.8, 4) is 0 Å². The van der Waals surface area contributed by atoms with E-state index in [0.717, 1.165) is 49.3 Å². The minimum absolute atomic E-state index is 0.000842. The van der Waals surface area contributed by atoms with Crippen molar-refractivity contribution in [1.82, 2.24) is 14.3 Å². The summed E-state index contributed by atoms with van der Waals surface area (Å²) in [6, 6.07) is 9.75. The highest BCUT2D eigenvalue weighted by molar-refractivity contribution is 5.93. The molecule has 5 heteroatoms. The third-order valence-corrected chi connectivity index (χ3v) is 4.80. The summed E-state index contributed by atoms with van der Waals surface area (Å²) in [5.74, 6) is 0.853. The maximum atomic E-state index is 13.1. The number of aryl methyl sites for hydroxylation is 1. The number of furan rings is 1. The number of hydrogen-bond donors (Lipinski definition) is 0. The molecule has 1 fully saturated rings. The quantitative estimate of drug-likeness (QED) is 0.716. The van der Waals surface area contributed by atoms with Crippen molar-refractivity contribution >= 4 is 11.6 Å². The highest BCUT2D eigenvalue weighted by atomic mass is 16.3. The van der Waals surface area contributed by atoms with Gasteiger partial charge in [0.05, 0.1) is 12.3 Å². The minimum atomic E-state index is -0.0126. The van der Waals surface area contributed by atoms with Crippen LogP contribution in [0, 0.1) is 6.92 Å². The van der Waals surface area contributed by atoms with Crippen molar-refractivity contribution in [2.24, 2.45) is 0 Å². The SMILES string of the molecule is Cc1cccc2nc(C(=O)N3CCCCC[C@@H]3c3ccco3)cn12. The number of amides is 1. The van der Waals surface area contributed by atoms with Crippen LogP contribution in [0.3, 0.4) is 0 Å². The smallest absolute Gasteiger partial charge is 0.274 e. The van der Waals surface area contributed by atoms with E-state index in [1.807, 2.05) is 52.8 Å². The molecule has 3 aromatic rings. The van der Waals surface area contributed by atoms with Gasteiger partial charge in [-0.25, -0.2) is 4.98 Å². The van der Waals surface area contributed by atoms with Crippen molar-refractivity contribution in [1.29, 1.82) is 0 Å². The van der Waals surface area contributed by atoms with Gasteiger partial charge < -0.3 is 13.7 Å². The Kier molecular flexibility index (Phi) is 3.84. The topological polar surface area (TPSA) is 50.8 Å². The molecule has 1 amide bonds. The van der Waals surface area contributed by atoms with E-state index in [0.29, 0.717) is 5.69 Å². The Morgan fingerprint density at radius 2 is 2.12 bits per heavy atom. The van der Waals surface area contributed by atoms with Crippen molar-refractivity contribution in [3.63, 3.8) is 0 Å². The number of fused-ring (bicyclic) bond motifs is 1. The third kappa shape index (κ3) is 2.60. The predicted molar refractivity (Wildman–Crippen MR) is 90.9 cm³/mol. The van der Waals surface area contributed by atoms with E-state index in [-0.39, 0.29) is 11.9 Å². The molecule has 0 unspecified atom stereocenters. The Morgan fingerprint density at radius 1 is 1.21 bits per heavy atom. The van der Waals surface area contributed by atoms with Crippen molar-refractivity contribution in [3.05, 3.63) is 59.9 Å². The lowest BCUT2D eigenvalue weighted by atomic mass is 10.1. The second-order valence-electron chi connectivity index (χ2n) is 6.40. The maximum absolute atomic E-state index is 13.1. The monoisotopic (exact) mass is 323 g/mol. The van der Waals surface area contributed by atoms with Crippen molar-refractivity contribution in [2.45, 2.75) is 38.6 Å². The minimum Gasteiger partial charge on any atom is -0.467 e. The first-order chi connectivity index (χ1) is 11.7. The second-order valence-corrected chi connectivity index (χ2v) is 6.40. The highest BCUT2D eigenvalue weighted by Gasteiger charge is 2.30. The number of aromatic nitrogens is 2. The van der Waals surface area contributed by atoms with E-state index in [1.165, 1.54) is 0 Å². The zero-order valence-corrected chi connectivity index (χ0v) is 13.8. The summed E-state index contributed by atoms with van der Waals surface area (Å²) in [5.41, 5.74) is 2.38. The standard InChI is InChI=1S/C19H21N3O2/c1-14-7-5-10-18-20-15(13-22(14)18)19(23)21-11-4-2-3-8-16(21)17-9-6-12-24-17/h5-7,9-10,12-13,16H,2-4,8,11H2,1H3/t16-/m1/s1. The Hall–Kier alpha value is -2.56. The van der Waals surface area contributed by atoms with Gasteiger partial charge >= 0.3 is 0 Å². The lowest BCUT2D eigenvalue weighted by Gasteiger charge is -2.27. The number of pyridine rings is 1. The summed E-state index contributed by atoms with van der Waals surface area (Å²) in [5, 5.41) is 0. The molecular formula is C19H21N3O2. The van der Waals surface area contributed by atoms with Gasteiger partial charge in [-0.05, 0) is 44.0 Å². The van der Waals surface area contributed by atoms with Gasteiger partial charge in [0.25, 0.3) is 5.91 Å². The average Bonchev–Trinajstić information content (AvgIpc) is 3.20. The van der Waals surface area contributed by atoms with Crippen LogP contribution in [0.4, 0.5) is 0 Å². The summed E-state index contributed by atoms with van der Waals surface area (Å²) < 4.78 is 7.57. The molecule has 0 aliphatic carbocycles. The van der Waals surface area contributed by atoms with Crippen molar-refractivity contribution < 1.29 is 9.21 Å². The summed E-state index contributed by atoms with van der Waals surface area (Å²) >= 11 is 0. The molecular weight excluding hydrogens is 302 g/mol. The fourth-order valence-electron chi connectivity index (χ4n) is 3.53. The first-order valence-electron chi connectivity index (χ1n) is 8.53. The molecule has 0 N–H and O–H groups in total. The average molecular weight is 323 g/mol. The molecule has 4 heterocycles. The largest absolute Gasteiger partial charge is 0.467 e. The molecule has 1 aliphatic heterocycles. The summed E-state index contributed by atoms with van der Waals surface area (Å²) in [7, 11) is 0. The molecule has 1 aliphatic rings. The zero-order valence-electron chi connectivity index (χ0n) is 13.8. The maximum Gasteiger partial charge on any atom is 0.274 e. The first-order valence-corrected chi connectivity index (χ1v) is 8.53. The molecule has 0 spiro atoms. The summed E-state index contributed by atoms with van der Waals surface area (Å²) in [6.45, 7) is 2.76. The van der Waals surface area contributed by atoms with Crippen LogP contribution in [0.25, 0.3) is 5.65 Å². The summed E-state index contributed by atoms with van der Waals surface area (Å²) in [4.78, 5) is 19.6. The third-order valence-electron chi connectivity index (χ3n) is 4.80. The van der Waals surface area contributed by atoms with Crippen LogP contribution in [0.15, 0.2) is 47.2 Å². The molecule has 24 heavy (non-hydrogen) atoms. The summed E-state index contributed by atoms with van der Waals surface area (Å²) in [6.07, 6.45) is 7.74. The van der Waals surface area contributed by atoms with Gasteiger partial charge in [0, 0.05) is 18.4 Å². The highest BCUT2D eigenvalue weighted by Crippen LogP contribution is 2.31. The van der Waals surface area contributed by atoms with E-state index in [1.54, 1.807) is 6.26 Å². The van der Waals surface area contributed by atoms with Crippen LogP contribution in [-0.2, 0) is 0 Å². The molecule has 0 radical (unpaired) electrons. The Bertz CT molecular complexity index is 851. The number of nitrogens with zero attached hydrogens (tertiary/aromatic N) is 3. The van der Waals surface area contributed by atoms with Gasteiger partial charge in [0.1, 0.15) is 17.1 Å². The van der Waals surface area contributed by atoms with Crippen LogP contribution < -0.4 is 0 Å². The lowest BCUT2D eigenvalue weighted by Crippen LogP contribution is -2.34. The van der Waals surface area contributed by atoms with E-state index >= 15 is 0 Å². The van der Waals surface area contributed by atoms with Gasteiger partial charge in [0.15, 0.2) is 0 Å². The van der Waals surface area contributed by atoms with E-state index in [2.05, 4.69) is 4.98 Å². The predicted octanol–water partition coefficient (Wildman–Crippen LogP) is 3.99. The Morgan fingerprint density at radius 3 is 2.92 bits per heavy atom. The van der Waals surface area contributed by atoms with Gasteiger partial charge in [-0.1, -0.05) is 18.9 Å². The fourth-order valence-corrected chi connectivity index (χ4v) is 3.53. The first kappa shape index (κ1) is 15.0. The molecule has 124 valence electrons. The number of rotatable bonds is 2. The van der Waals surface area contributed by atoms with Crippen LogP contribution >= 0.6 is 0 Å². The van der Waals surface area contributed by atoms with Gasteiger partial charge in [-0.3, -0.25) is 4.79 Å². The van der Waals surface area contributed by atoms with Crippen LogP contribution in [0.1, 0.15) is 53.7 Å². The lowest BCUT2D eigenvalue weighted by molar-refractivity contribution is 0.0653. The van der Waals surface area contributed by atoms with Crippen LogP contribution in [-0.4, -0.2) is 26.7 Å².